The molecule has 0 aromatic carbocycles. The van der Waals surface area contributed by atoms with Crippen LogP contribution in [0.3, 0.4) is 0 Å². The van der Waals surface area contributed by atoms with Gasteiger partial charge in [-0.05, 0) is 19.4 Å². The molecule has 0 fully saturated rings. The zero-order chi connectivity index (χ0) is 8.69. The van der Waals surface area contributed by atoms with Gasteiger partial charge < -0.3 is 16.2 Å². The number of nitrogens with two attached hydrogens (primary N) is 2. The van der Waals surface area contributed by atoms with Crippen LogP contribution < -0.4 is 11.5 Å². The quantitative estimate of drug-likeness (QED) is 0.538. The van der Waals surface area contributed by atoms with Crippen LogP contribution in [-0.2, 0) is 9.53 Å². The molecule has 0 aliphatic carbocycles. The summed E-state index contributed by atoms with van der Waals surface area (Å²) in [6.45, 7) is -0.647. The lowest BCUT2D eigenvalue weighted by Crippen LogP contribution is -2.32. The number of hydrogen-bond donors (Lipinski definition) is 2. The molecule has 0 unspecified atom stereocenters. The molecule has 0 amide bonds. The highest BCUT2D eigenvalue weighted by atomic mass is 19.1. The molecule has 0 radical (unpaired) electrons. The minimum absolute atomic E-state index is 0.440. The normalized spacial score (nSPS) is 12.6. The third-order valence-electron chi connectivity index (χ3n) is 1.22. The number of esters is 1. The number of ether oxygens (including phenoxy) is 1. The monoisotopic (exact) mass is 164 g/mol. The molecule has 66 valence electrons. The van der Waals surface area contributed by atoms with Crippen molar-refractivity contribution in [2.75, 3.05) is 13.4 Å². The second kappa shape index (κ2) is 6.06. The molecule has 11 heavy (non-hydrogen) atoms. The number of alkyl halides is 1. The van der Waals surface area contributed by atoms with Crippen LogP contribution in [0.1, 0.15) is 12.8 Å². The molecule has 4 nitrogen and oxygen atoms in total. The van der Waals surface area contributed by atoms with Gasteiger partial charge in [-0.1, -0.05) is 0 Å². The van der Waals surface area contributed by atoms with Crippen molar-refractivity contribution in [3.8, 4) is 0 Å². The molecule has 0 spiro atoms. The van der Waals surface area contributed by atoms with Gasteiger partial charge in [0.25, 0.3) is 0 Å². The lowest BCUT2D eigenvalue weighted by molar-refractivity contribution is -0.149. The Bertz CT molecular complexity index is 121. The number of carbonyl (C=O) groups excluding carboxylic acids is 1. The van der Waals surface area contributed by atoms with E-state index in [1.54, 1.807) is 0 Å². The summed E-state index contributed by atoms with van der Waals surface area (Å²) in [4.78, 5) is 10.6. The lowest BCUT2D eigenvalue weighted by Gasteiger charge is -2.07. The molecular formula is C6H13FN2O2. The smallest absolute Gasteiger partial charge is 0.325 e. The van der Waals surface area contributed by atoms with E-state index in [0.29, 0.717) is 19.4 Å². The maximum absolute atomic E-state index is 11.4. The van der Waals surface area contributed by atoms with Crippen molar-refractivity contribution in [3.63, 3.8) is 0 Å². The first-order valence-electron chi connectivity index (χ1n) is 3.40. The van der Waals surface area contributed by atoms with Crippen LogP contribution in [0.25, 0.3) is 0 Å². The first-order valence-corrected chi connectivity index (χ1v) is 3.40. The van der Waals surface area contributed by atoms with Gasteiger partial charge in [0.1, 0.15) is 6.04 Å². The first-order chi connectivity index (χ1) is 5.22. The summed E-state index contributed by atoms with van der Waals surface area (Å²) in [6.07, 6.45) is 1.08. The third-order valence-corrected chi connectivity index (χ3v) is 1.22. The molecule has 0 aliphatic rings. The van der Waals surface area contributed by atoms with Crippen LogP contribution in [0.5, 0.6) is 0 Å². The lowest BCUT2D eigenvalue weighted by atomic mass is 10.2. The van der Waals surface area contributed by atoms with Crippen LogP contribution in [0.15, 0.2) is 0 Å². The fourth-order valence-electron chi connectivity index (χ4n) is 0.616. The van der Waals surface area contributed by atoms with E-state index in [-0.39, 0.29) is 0 Å². The Kier molecular flexibility index (Phi) is 5.68. The Labute approximate surface area is 64.7 Å². The fourth-order valence-corrected chi connectivity index (χ4v) is 0.616. The molecule has 4 N–H and O–H groups in total. The van der Waals surface area contributed by atoms with Crippen LogP contribution in [-0.4, -0.2) is 25.4 Å². The first kappa shape index (κ1) is 10.3. The van der Waals surface area contributed by atoms with Crippen molar-refractivity contribution in [1.82, 2.24) is 0 Å². The Morgan fingerprint density at radius 3 is 2.73 bits per heavy atom. The van der Waals surface area contributed by atoms with E-state index < -0.39 is 18.9 Å². The fraction of sp³-hybridized carbons (Fsp3) is 0.833. The van der Waals surface area contributed by atoms with Crippen LogP contribution in [0, 0.1) is 0 Å². The summed E-state index contributed by atoms with van der Waals surface area (Å²) in [5, 5.41) is 0. The van der Waals surface area contributed by atoms with Gasteiger partial charge in [-0.15, -0.1) is 0 Å². The zero-order valence-corrected chi connectivity index (χ0v) is 6.25. The Morgan fingerprint density at radius 2 is 2.27 bits per heavy atom. The summed E-state index contributed by atoms with van der Waals surface area (Å²) < 4.78 is 15.4. The SMILES string of the molecule is NCCC[C@H](N)C(=O)OCF. The van der Waals surface area contributed by atoms with Gasteiger partial charge in [0.2, 0.25) is 6.86 Å². The highest BCUT2D eigenvalue weighted by molar-refractivity contribution is 5.75. The van der Waals surface area contributed by atoms with Gasteiger partial charge in [-0.3, -0.25) is 4.79 Å². The summed E-state index contributed by atoms with van der Waals surface area (Å²) in [6, 6.07) is -0.741. The van der Waals surface area contributed by atoms with Crippen LogP contribution in [0.4, 0.5) is 4.39 Å². The van der Waals surface area contributed by atoms with E-state index in [9.17, 15) is 9.18 Å². The van der Waals surface area contributed by atoms with E-state index in [2.05, 4.69) is 4.74 Å². The second-order valence-corrected chi connectivity index (χ2v) is 2.11. The maximum Gasteiger partial charge on any atom is 0.325 e. The van der Waals surface area contributed by atoms with Gasteiger partial charge in [-0.25, -0.2) is 4.39 Å². The summed E-state index contributed by atoms with van der Waals surface area (Å²) in [7, 11) is 0. The molecule has 0 heterocycles. The standard InChI is InChI=1S/C6H13FN2O2/c7-4-11-6(10)5(9)2-1-3-8/h5H,1-4,8-9H2/t5-/m0/s1. The molecule has 1 atom stereocenters. The maximum atomic E-state index is 11.4. The van der Waals surface area contributed by atoms with Crippen molar-refractivity contribution in [2.24, 2.45) is 11.5 Å². The van der Waals surface area contributed by atoms with E-state index in [0.717, 1.165) is 0 Å². The molecule has 0 bridgehead atoms. The summed E-state index contributed by atoms with van der Waals surface area (Å²) >= 11 is 0. The molecule has 0 saturated heterocycles. The van der Waals surface area contributed by atoms with Crippen LogP contribution in [0.2, 0.25) is 0 Å². The predicted molar refractivity (Wildman–Crippen MR) is 38.3 cm³/mol. The Balaban J connectivity index is 3.46. The molecule has 5 heteroatoms. The molecule has 0 aromatic heterocycles. The molecule has 0 saturated carbocycles. The number of hydrogen-bond acceptors (Lipinski definition) is 4. The zero-order valence-electron chi connectivity index (χ0n) is 6.25. The average Bonchev–Trinajstić information content (AvgIpc) is 2.00. The van der Waals surface area contributed by atoms with Gasteiger partial charge >= 0.3 is 5.97 Å². The highest BCUT2D eigenvalue weighted by Crippen LogP contribution is 1.95. The van der Waals surface area contributed by atoms with E-state index in [1.807, 2.05) is 0 Å². The van der Waals surface area contributed by atoms with Crippen molar-refractivity contribution in [2.45, 2.75) is 18.9 Å². The average molecular weight is 164 g/mol. The van der Waals surface area contributed by atoms with Crippen molar-refractivity contribution in [1.29, 1.82) is 0 Å². The molecule has 0 aliphatic heterocycles. The van der Waals surface area contributed by atoms with E-state index in [1.165, 1.54) is 0 Å². The van der Waals surface area contributed by atoms with Gasteiger partial charge in [0, 0.05) is 0 Å². The second-order valence-electron chi connectivity index (χ2n) is 2.11. The number of carbonyl (C=O) groups is 1. The summed E-state index contributed by atoms with van der Waals surface area (Å²) in [5.74, 6) is -0.707. The van der Waals surface area contributed by atoms with E-state index >= 15 is 0 Å². The predicted octanol–water partition coefficient (Wildman–Crippen LogP) is -0.477. The molecule has 0 aromatic rings. The highest BCUT2D eigenvalue weighted by Gasteiger charge is 2.13. The van der Waals surface area contributed by atoms with Crippen LogP contribution >= 0.6 is 0 Å². The number of rotatable bonds is 5. The molecule has 0 rings (SSSR count). The Hall–Kier alpha value is -0.680. The third kappa shape index (κ3) is 4.69. The van der Waals surface area contributed by atoms with Crippen molar-refractivity contribution < 1.29 is 13.9 Å². The van der Waals surface area contributed by atoms with E-state index in [4.69, 9.17) is 11.5 Å². The minimum Gasteiger partial charge on any atom is -0.433 e. The van der Waals surface area contributed by atoms with Gasteiger partial charge in [0.05, 0.1) is 0 Å². The minimum atomic E-state index is -1.12. The van der Waals surface area contributed by atoms with Crippen molar-refractivity contribution >= 4 is 5.97 Å². The topological polar surface area (TPSA) is 78.3 Å². The Morgan fingerprint density at radius 1 is 1.64 bits per heavy atom. The van der Waals surface area contributed by atoms with Gasteiger partial charge in [-0.2, -0.15) is 0 Å². The largest absolute Gasteiger partial charge is 0.433 e. The molecular weight excluding hydrogens is 151 g/mol. The van der Waals surface area contributed by atoms with Crippen molar-refractivity contribution in [3.05, 3.63) is 0 Å². The summed E-state index contributed by atoms with van der Waals surface area (Å²) in [5.41, 5.74) is 10.5. The van der Waals surface area contributed by atoms with Gasteiger partial charge in [0.15, 0.2) is 0 Å². The number of halogens is 1.